The summed E-state index contributed by atoms with van der Waals surface area (Å²) in [7, 11) is 0. The summed E-state index contributed by atoms with van der Waals surface area (Å²) in [4.78, 5) is 12.0. The molecule has 0 aliphatic carbocycles. The Morgan fingerprint density at radius 3 is 2.19 bits per heavy atom. The molecular formula is C17H7ClF6O3. The van der Waals surface area contributed by atoms with E-state index in [1.54, 1.807) is 0 Å². The van der Waals surface area contributed by atoms with Crippen molar-refractivity contribution in [3.8, 4) is 16.9 Å². The van der Waals surface area contributed by atoms with E-state index in [-0.39, 0.29) is 17.0 Å². The third-order valence-corrected chi connectivity index (χ3v) is 4.04. The van der Waals surface area contributed by atoms with E-state index in [1.807, 2.05) is 0 Å². The average Bonchev–Trinajstić information content (AvgIpc) is 2.53. The molecule has 0 atom stereocenters. The van der Waals surface area contributed by atoms with E-state index >= 15 is 0 Å². The molecule has 27 heavy (non-hydrogen) atoms. The number of hydrogen-bond donors (Lipinski definition) is 1. The minimum atomic E-state index is -5.01. The van der Waals surface area contributed by atoms with Gasteiger partial charge < -0.3 is 9.52 Å². The lowest BCUT2D eigenvalue weighted by Gasteiger charge is -2.14. The fourth-order valence-electron chi connectivity index (χ4n) is 2.53. The fourth-order valence-corrected chi connectivity index (χ4v) is 2.75. The van der Waals surface area contributed by atoms with Crippen molar-refractivity contribution in [1.82, 2.24) is 0 Å². The SMILES string of the molecule is O=c1cc(C(F)(F)F)oc2c(-c3ccc(Cl)c(C(F)(F)F)c3)c(O)ccc12. The lowest BCUT2D eigenvalue weighted by molar-refractivity contribution is -0.152. The maximum absolute atomic E-state index is 13.1. The van der Waals surface area contributed by atoms with Gasteiger partial charge >= 0.3 is 12.4 Å². The number of halogens is 7. The molecule has 0 aliphatic heterocycles. The zero-order valence-corrected chi connectivity index (χ0v) is 13.6. The molecule has 0 saturated carbocycles. The Morgan fingerprint density at radius 1 is 0.926 bits per heavy atom. The van der Waals surface area contributed by atoms with Crippen LogP contribution in [0.4, 0.5) is 26.3 Å². The second-order valence-corrected chi connectivity index (χ2v) is 5.91. The van der Waals surface area contributed by atoms with E-state index in [0.29, 0.717) is 6.07 Å². The molecule has 142 valence electrons. The molecule has 0 saturated heterocycles. The van der Waals surface area contributed by atoms with E-state index in [0.717, 1.165) is 24.3 Å². The van der Waals surface area contributed by atoms with Gasteiger partial charge in [0.2, 0.25) is 5.76 Å². The predicted molar refractivity (Wildman–Crippen MR) is 84.6 cm³/mol. The number of aromatic hydroxyl groups is 1. The minimum absolute atomic E-state index is 0.228. The molecule has 3 nitrogen and oxygen atoms in total. The first-order chi connectivity index (χ1) is 12.4. The van der Waals surface area contributed by atoms with Crippen LogP contribution in [0.1, 0.15) is 11.3 Å². The Hall–Kier alpha value is -2.68. The van der Waals surface area contributed by atoms with Crippen LogP contribution in [0.2, 0.25) is 5.02 Å². The quantitative estimate of drug-likeness (QED) is 0.513. The van der Waals surface area contributed by atoms with Crippen molar-refractivity contribution in [1.29, 1.82) is 0 Å². The lowest BCUT2D eigenvalue weighted by Crippen LogP contribution is -2.11. The standard InChI is InChI=1S/C17H7ClF6O3/c18-10-3-1-7(5-9(10)16(19,20)21)14-11(25)4-2-8-12(26)6-13(17(22,23)24)27-15(8)14/h1-6,25H. The molecule has 3 rings (SSSR count). The highest BCUT2D eigenvalue weighted by atomic mass is 35.5. The smallest absolute Gasteiger partial charge is 0.449 e. The first-order valence-corrected chi connectivity index (χ1v) is 7.51. The third-order valence-electron chi connectivity index (χ3n) is 3.72. The van der Waals surface area contributed by atoms with Gasteiger partial charge in [0.25, 0.3) is 0 Å². The minimum Gasteiger partial charge on any atom is -0.507 e. The molecule has 0 spiro atoms. The zero-order valence-electron chi connectivity index (χ0n) is 12.9. The van der Waals surface area contributed by atoms with Gasteiger partial charge in [0.15, 0.2) is 5.43 Å². The second-order valence-electron chi connectivity index (χ2n) is 5.50. The Labute approximate surface area is 151 Å². The molecule has 1 N–H and O–H groups in total. The third kappa shape index (κ3) is 3.46. The van der Waals surface area contributed by atoms with E-state index in [4.69, 9.17) is 16.0 Å². The number of fused-ring (bicyclic) bond motifs is 1. The van der Waals surface area contributed by atoms with Crippen LogP contribution in [0.5, 0.6) is 5.75 Å². The molecule has 1 heterocycles. The lowest BCUT2D eigenvalue weighted by atomic mass is 9.99. The predicted octanol–water partition coefficient (Wildman–Crippen LogP) is 5.86. The largest absolute Gasteiger partial charge is 0.507 e. The Balaban J connectivity index is 2.40. The molecule has 2 aromatic carbocycles. The van der Waals surface area contributed by atoms with Crippen LogP contribution >= 0.6 is 11.6 Å². The molecule has 0 amide bonds. The highest BCUT2D eigenvalue weighted by Gasteiger charge is 2.36. The van der Waals surface area contributed by atoms with Crippen molar-refractivity contribution >= 4 is 22.6 Å². The van der Waals surface area contributed by atoms with Gasteiger partial charge in [-0.1, -0.05) is 17.7 Å². The number of phenols is 1. The van der Waals surface area contributed by atoms with Crippen molar-refractivity contribution in [3.63, 3.8) is 0 Å². The molecule has 1 aromatic heterocycles. The number of hydrogen-bond acceptors (Lipinski definition) is 3. The number of phenolic OH excluding ortho intramolecular Hbond substituents is 1. The van der Waals surface area contributed by atoms with Crippen molar-refractivity contribution in [3.05, 3.63) is 63.0 Å². The van der Waals surface area contributed by atoms with Gasteiger partial charge in [-0.15, -0.1) is 0 Å². The Bertz CT molecular complexity index is 1100. The highest BCUT2D eigenvalue weighted by molar-refractivity contribution is 6.31. The van der Waals surface area contributed by atoms with Crippen LogP contribution in [0.15, 0.2) is 45.6 Å². The van der Waals surface area contributed by atoms with Crippen LogP contribution in [0, 0.1) is 0 Å². The van der Waals surface area contributed by atoms with Crippen molar-refractivity contribution in [2.24, 2.45) is 0 Å². The van der Waals surface area contributed by atoms with Crippen LogP contribution in [0.25, 0.3) is 22.1 Å². The van der Waals surface area contributed by atoms with Gasteiger partial charge in [0, 0.05) is 6.07 Å². The average molecular weight is 409 g/mol. The summed E-state index contributed by atoms with van der Waals surface area (Å²) in [6.07, 6.45) is -9.85. The summed E-state index contributed by atoms with van der Waals surface area (Å²) in [5, 5.41) is 9.08. The molecule has 3 aromatic rings. The van der Waals surface area contributed by atoms with Gasteiger partial charge in [-0.3, -0.25) is 4.79 Å². The summed E-state index contributed by atoms with van der Waals surface area (Å²) in [5.41, 5.74) is -3.82. The molecule has 0 aliphatic rings. The number of benzene rings is 2. The van der Waals surface area contributed by atoms with Gasteiger partial charge in [-0.2, -0.15) is 26.3 Å². The summed E-state index contributed by atoms with van der Waals surface area (Å²) in [6.45, 7) is 0. The van der Waals surface area contributed by atoms with Crippen LogP contribution in [-0.4, -0.2) is 5.11 Å². The van der Waals surface area contributed by atoms with E-state index in [2.05, 4.69) is 0 Å². The molecule has 0 bridgehead atoms. The zero-order chi connectivity index (χ0) is 20.1. The summed E-state index contributed by atoms with van der Waals surface area (Å²) in [6, 6.07) is 4.71. The van der Waals surface area contributed by atoms with Gasteiger partial charge in [-0.25, -0.2) is 0 Å². The molecule has 0 radical (unpaired) electrons. The summed E-state index contributed by atoms with van der Waals surface area (Å²) in [5.74, 6) is -2.31. The molecule has 10 heteroatoms. The fraction of sp³-hybridized carbons (Fsp3) is 0.118. The summed E-state index contributed by atoms with van der Waals surface area (Å²) < 4.78 is 82.8. The summed E-state index contributed by atoms with van der Waals surface area (Å²) >= 11 is 5.53. The maximum atomic E-state index is 13.1. The maximum Gasteiger partial charge on any atom is 0.449 e. The van der Waals surface area contributed by atoms with E-state index < -0.39 is 51.0 Å². The topological polar surface area (TPSA) is 50.4 Å². The Morgan fingerprint density at radius 2 is 1.59 bits per heavy atom. The molecule has 0 unspecified atom stereocenters. The van der Waals surface area contributed by atoms with Crippen molar-refractivity contribution < 1.29 is 35.9 Å². The monoisotopic (exact) mass is 408 g/mol. The number of alkyl halides is 6. The van der Waals surface area contributed by atoms with E-state index in [9.17, 15) is 36.2 Å². The van der Waals surface area contributed by atoms with Crippen LogP contribution < -0.4 is 5.43 Å². The second kappa shape index (κ2) is 6.19. The van der Waals surface area contributed by atoms with Gasteiger partial charge in [0.1, 0.15) is 11.3 Å². The van der Waals surface area contributed by atoms with Crippen LogP contribution in [0.3, 0.4) is 0 Å². The Kier molecular flexibility index (Phi) is 4.38. The first kappa shape index (κ1) is 19.1. The normalized spacial score (nSPS) is 12.6. The van der Waals surface area contributed by atoms with E-state index in [1.165, 1.54) is 0 Å². The van der Waals surface area contributed by atoms with Crippen LogP contribution in [-0.2, 0) is 12.4 Å². The number of rotatable bonds is 1. The van der Waals surface area contributed by atoms with Crippen molar-refractivity contribution in [2.45, 2.75) is 12.4 Å². The first-order valence-electron chi connectivity index (χ1n) is 7.13. The van der Waals surface area contributed by atoms with Gasteiger partial charge in [-0.05, 0) is 29.8 Å². The molecular weight excluding hydrogens is 402 g/mol. The van der Waals surface area contributed by atoms with Gasteiger partial charge in [0.05, 0.1) is 21.5 Å². The molecule has 0 fully saturated rings. The van der Waals surface area contributed by atoms with Crippen molar-refractivity contribution in [2.75, 3.05) is 0 Å². The highest BCUT2D eigenvalue weighted by Crippen LogP contribution is 2.42.